The Balaban J connectivity index is 2.00. The summed E-state index contributed by atoms with van der Waals surface area (Å²) in [5, 5.41) is 11.0. The van der Waals surface area contributed by atoms with E-state index in [-0.39, 0.29) is 0 Å². The molecular formula is C17H22O. The van der Waals surface area contributed by atoms with E-state index in [4.69, 9.17) is 0 Å². The highest BCUT2D eigenvalue weighted by Crippen LogP contribution is 2.49. The third-order valence-electron chi connectivity index (χ3n) is 4.73. The molecule has 1 unspecified atom stereocenters. The van der Waals surface area contributed by atoms with Gasteiger partial charge in [-0.05, 0) is 37.7 Å². The normalized spacial score (nSPS) is 35.8. The lowest BCUT2D eigenvalue weighted by atomic mass is 9.62. The second kappa shape index (κ2) is 4.55. The van der Waals surface area contributed by atoms with Crippen molar-refractivity contribution in [2.75, 3.05) is 0 Å². The van der Waals surface area contributed by atoms with Crippen LogP contribution in [0.3, 0.4) is 0 Å². The van der Waals surface area contributed by atoms with Gasteiger partial charge < -0.3 is 5.11 Å². The average molecular weight is 242 g/mol. The SMILES string of the molecule is CC1=CC(c2ccccc2)[C@H]2CCCC[C@@]2(O)C1. The van der Waals surface area contributed by atoms with Gasteiger partial charge in [-0.15, -0.1) is 0 Å². The zero-order valence-electron chi connectivity index (χ0n) is 11.1. The zero-order chi connectivity index (χ0) is 12.6. The molecule has 0 amide bonds. The molecule has 0 radical (unpaired) electrons. The second-order valence-corrected chi connectivity index (χ2v) is 6.08. The Morgan fingerprint density at radius 3 is 2.72 bits per heavy atom. The van der Waals surface area contributed by atoms with E-state index in [1.807, 2.05) is 0 Å². The summed E-state index contributed by atoms with van der Waals surface area (Å²) in [5.41, 5.74) is 2.27. The van der Waals surface area contributed by atoms with E-state index in [9.17, 15) is 5.11 Å². The van der Waals surface area contributed by atoms with Crippen LogP contribution in [0.1, 0.15) is 50.5 Å². The number of allylic oxidation sites excluding steroid dienone is 1. The minimum Gasteiger partial charge on any atom is -0.389 e. The highest BCUT2D eigenvalue weighted by Gasteiger charge is 2.45. The van der Waals surface area contributed by atoms with E-state index in [0.717, 1.165) is 12.8 Å². The summed E-state index contributed by atoms with van der Waals surface area (Å²) in [7, 11) is 0. The van der Waals surface area contributed by atoms with Crippen LogP contribution in [0, 0.1) is 5.92 Å². The Bertz CT molecular complexity index is 448. The Kier molecular flexibility index (Phi) is 3.03. The third-order valence-corrected chi connectivity index (χ3v) is 4.73. The molecule has 1 N–H and O–H groups in total. The van der Waals surface area contributed by atoms with Crippen molar-refractivity contribution >= 4 is 0 Å². The van der Waals surface area contributed by atoms with E-state index >= 15 is 0 Å². The molecule has 1 saturated carbocycles. The Hall–Kier alpha value is -1.08. The van der Waals surface area contributed by atoms with Gasteiger partial charge in [0.05, 0.1) is 5.60 Å². The average Bonchev–Trinajstić information content (AvgIpc) is 2.37. The Morgan fingerprint density at radius 2 is 1.94 bits per heavy atom. The maximum atomic E-state index is 11.0. The lowest BCUT2D eigenvalue weighted by molar-refractivity contribution is -0.0585. The summed E-state index contributed by atoms with van der Waals surface area (Å²) in [6, 6.07) is 10.7. The molecule has 2 aliphatic carbocycles. The van der Waals surface area contributed by atoms with Crippen LogP contribution in [-0.2, 0) is 0 Å². The monoisotopic (exact) mass is 242 g/mol. The van der Waals surface area contributed by atoms with Crippen molar-refractivity contribution in [3.8, 4) is 0 Å². The molecule has 3 atom stereocenters. The standard InChI is InChI=1S/C17H22O/c1-13-11-15(14-7-3-2-4-8-14)16-9-5-6-10-17(16,18)12-13/h2-4,7-8,11,15-16,18H,5-6,9-10,12H2,1H3/t15?,16-,17-/m1/s1. The van der Waals surface area contributed by atoms with Gasteiger partial charge in [0.2, 0.25) is 0 Å². The van der Waals surface area contributed by atoms with Crippen LogP contribution in [-0.4, -0.2) is 10.7 Å². The van der Waals surface area contributed by atoms with Gasteiger partial charge in [0.1, 0.15) is 0 Å². The highest BCUT2D eigenvalue weighted by atomic mass is 16.3. The van der Waals surface area contributed by atoms with Crippen LogP contribution < -0.4 is 0 Å². The molecule has 18 heavy (non-hydrogen) atoms. The second-order valence-electron chi connectivity index (χ2n) is 6.08. The van der Waals surface area contributed by atoms with Crippen LogP contribution in [0.25, 0.3) is 0 Å². The molecule has 0 spiro atoms. The topological polar surface area (TPSA) is 20.2 Å². The van der Waals surface area contributed by atoms with Crippen molar-refractivity contribution in [1.82, 2.24) is 0 Å². The first-order chi connectivity index (χ1) is 8.69. The van der Waals surface area contributed by atoms with E-state index < -0.39 is 5.60 Å². The largest absolute Gasteiger partial charge is 0.389 e. The fourth-order valence-corrected chi connectivity index (χ4v) is 3.95. The van der Waals surface area contributed by atoms with Gasteiger partial charge in [-0.25, -0.2) is 0 Å². The summed E-state index contributed by atoms with van der Waals surface area (Å²) in [4.78, 5) is 0. The fourth-order valence-electron chi connectivity index (χ4n) is 3.95. The molecule has 96 valence electrons. The van der Waals surface area contributed by atoms with Gasteiger partial charge in [0.15, 0.2) is 0 Å². The van der Waals surface area contributed by atoms with Gasteiger partial charge in [0, 0.05) is 5.92 Å². The van der Waals surface area contributed by atoms with E-state index in [1.165, 1.54) is 30.4 Å². The molecular weight excluding hydrogens is 220 g/mol. The first-order valence-electron chi connectivity index (χ1n) is 7.14. The van der Waals surface area contributed by atoms with Crippen molar-refractivity contribution in [1.29, 1.82) is 0 Å². The minimum atomic E-state index is -0.447. The molecule has 1 aromatic carbocycles. The number of benzene rings is 1. The highest BCUT2D eigenvalue weighted by molar-refractivity contribution is 5.31. The van der Waals surface area contributed by atoms with E-state index in [0.29, 0.717) is 11.8 Å². The first-order valence-corrected chi connectivity index (χ1v) is 7.14. The first kappa shape index (κ1) is 12.0. The lowest BCUT2D eigenvalue weighted by Crippen LogP contribution is -2.45. The smallest absolute Gasteiger partial charge is 0.0721 e. The van der Waals surface area contributed by atoms with Crippen LogP contribution in [0.4, 0.5) is 0 Å². The molecule has 1 aromatic rings. The summed E-state index contributed by atoms with van der Waals surface area (Å²) >= 11 is 0. The van der Waals surface area contributed by atoms with Crippen molar-refractivity contribution in [2.24, 2.45) is 5.92 Å². The molecule has 1 fully saturated rings. The molecule has 3 rings (SSSR count). The van der Waals surface area contributed by atoms with Gasteiger partial charge in [-0.3, -0.25) is 0 Å². The van der Waals surface area contributed by atoms with Crippen molar-refractivity contribution in [3.05, 3.63) is 47.5 Å². The number of hydrogen-bond donors (Lipinski definition) is 1. The summed E-state index contributed by atoms with van der Waals surface area (Å²) < 4.78 is 0. The lowest BCUT2D eigenvalue weighted by Gasteiger charge is -2.47. The molecule has 0 saturated heterocycles. The predicted octanol–water partition coefficient (Wildman–Crippen LogP) is 4.04. The van der Waals surface area contributed by atoms with Crippen molar-refractivity contribution in [3.63, 3.8) is 0 Å². The molecule has 0 heterocycles. The number of fused-ring (bicyclic) bond motifs is 1. The number of rotatable bonds is 1. The maximum absolute atomic E-state index is 11.0. The minimum absolute atomic E-state index is 0.408. The van der Waals surface area contributed by atoms with Crippen LogP contribution in [0.2, 0.25) is 0 Å². The third kappa shape index (κ3) is 2.01. The predicted molar refractivity (Wildman–Crippen MR) is 74.5 cm³/mol. The van der Waals surface area contributed by atoms with Gasteiger partial charge in [-0.2, -0.15) is 0 Å². The van der Waals surface area contributed by atoms with Crippen LogP contribution in [0.15, 0.2) is 42.0 Å². The molecule has 0 aliphatic heterocycles. The van der Waals surface area contributed by atoms with Gasteiger partial charge in [0.25, 0.3) is 0 Å². The number of hydrogen-bond acceptors (Lipinski definition) is 1. The molecule has 1 nitrogen and oxygen atoms in total. The quantitative estimate of drug-likeness (QED) is 0.737. The zero-order valence-corrected chi connectivity index (χ0v) is 11.1. The van der Waals surface area contributed by atoms with Crippen LogP contribution >= 0.6 is 0 Å². The van der Waals surface area contributed by atoms with E-state index in [2.05, 4.69) is 43.3 Å². The van der Waals surface area contributed by atoms with E-state index in [1.54, 1.807) is 0 Å². The Morgan fingerprint density at radius 1 is 1.17 bits per heavy atom. The molecule has 1 heteroatoms. The molecule has 2 aliphatic rings. The summed E-state index contributed by atoms with van der Waals surface area (Å²) in [6.45, 7) is 2.17. The molecule has 0 bridgehead atoms. The van der Waals surface area contributed by atoms with Gasteiger partial charge in [-0.1, -0.05) is 54.8 Å². The van der Waals surface area contributed by atoms with Crippen LogP contribution in [0.5, 0.6) is 0 Å². The maximum Gasteiger partial charge on any atom is 0.0721 e. The fraction of sp³-hybridized carbons (Fsp3) is 0.529. The Labute approximate surface area is 110 Å². The van der Waals surface area contributed by atoms with Gasteiger partial charge >= 0.3 is 0 Å². The summed E-state index contributed by atoms with van der Waals surface area (Å²) in [6.07, 6.45) is 7.86. The summed E-state index contributed by atoms with van der Waals surface area (Å²) in [5.74, 6) is 0.822. The van der Waals surface area contributed by atoms with Crippen molar-refractivity contribution in [2.45, 2.75) is 50.5 Å². The molecule has 0 aromatic heterocycles. The number of aliphatic hydroxyl groups is 1. The van der Waals surface area contributed by atoms with Crippen molar-refractivity contribution < 1.29 is 5.11 Å².